The maximum atomic E-state index is 11.9. The fourth-order valence-electron chi connectivity index (χ4n) is 1.88. The maximum Gasteiger partial charge on any atom is 0.322 e. The summed E-state index contributed by atoms with van der Waals surface area (Å²) in [6, 6.07) is 0. The Balaban J connectivity index is 3.83. The third-order valence-corrected chi connectivity index (χ3v) is 4.44. The molecule has 0 radical (unpaired) electrons. The van der Waals surface area contributed by atoms with Crippen molar-refractivity contribution in [2.24, 2.45) is 0 Å². The summed E-state index contributed by atoms with van der Waals surface area (Å²) in [6.07, 6.45) is 9.88. The molecule has 0 aliphatic carbocycles. The molecular weight excluding hydrogens is 356 g/mol. The Kier molecular flexibility index (Phi) is 12.6. The zero-order valence-corrected chi connectivity index (χ0v) is 16.3. The van der Waals surface area contributed by atoms with Gasteiger partial charge in [0, 0.05) is 5.75 Å². The molecule has 0 rings (SSSR count). The van der Waals surface area contributed by atoms with E-state index in [4.69, 9.17) is 4.74 Å². The highest BCUT2D eigenvalue weighted by atomic mass is 79.9. The van der Waals surface area contributed by atoms with Crippen molar-refractivity contribution in [3.05, 3.63) is 0 Å². The molecule has 0 N–H and O–H groups in total. The van der Waals surface area contributed by atoms with Gasteiger partial charge in [0.2, 0.25) is 0 Å². The van der Waals surface area contributed by atoms with Crippen LogP contribution in [0.15, 0.2) is 0 Å². The zero-order chi connectivity index (χ0) is 15.4. The van der Waals surface area contributed by atoms with Gasteiger partial charge in [0.05, 0.1) is 0 Å². The van der Waals surface area contributed by atoms with E-state index in [0.717, 1.165) is 18.6 Å². The second kappa shape index (κ2) is 12.2. The van der Waals surface area contributed by atoms with Gasteiger partial charge < -0.3 is 4.74 Å². The van der Waals surface area contributed by atoms with Crippen LogP contribution in [0.4, 0.5) is 0 Å². The van der Waals surface area contributed by atoms with Gasteiger partial charge in [0.1, 0.15) is 10.4 Å². The summed E-state index contributed by atoms with van der Waals surface area (Å²) in [6.45, 7) is 5.86. The van der Waals surface area contributed by atoms with E-state index in [2.05, 4.69) is 34.5 Å². The number of unbranched alkanes of at least 4 members (excludes halogenated alkanes) is 6. The predicted octanol–water partition coefficient (Wildman–Crippen LogP) is 5.79. The standard InChI is InChI=1S/C15H29BrO2S2/c1-4-5-6-7-8-9-10-11-13(12-20-19)18-14(17)15(2,3)16/h13,19H,4-12H2,1-3H3. The maximum absolute atomic E-state index is 11.9. The number of thiol groups is 1. The molecule has 1 unspecified atom stereocenters. The fraction of sp³-hybridized carbons (Fsp3) is 0.933. The number of carbonyl (C=O) groups is 1. The van der Waals surface area contributed by atoms with Gasteiger partial charge in [0.25, 0.3) is 0 Å². The van der Waals surface area contributed by atoms with E-state index < -0.39 is 4.32 Å². The molecule has 5 heteroatoms. The van der Waals surface area contributed by atoms with Crippen LogP contribution in [0.1, 0.15) is 72.1 Å². The van der Waals surface area contributed by atoms with Crippen LogP contribution < -0.4 is 0 Å². The van der Waals surface area contributed by atoms with Gasteiger partial charge >= 0.3 is 5.97 Å². The summed E-state index contributed by atoms with van der Waals surface area (Å²) in [7, 11) is 1.44. The minimum Gasteiger partial charge on any atom is -0.460 e. The lowest BCUT2D eigenvalue weighted by Gasteiger charge is -2.21. The average Bonchev–Trinajstić information content (AvgIpc) is 2.36. The topological polar surface area (TPSA) is 26.3 Å². The number of halogens is 1. The first kappa shape index (κ1) is 20.6. The molecule has 0 aromatic rings. The first-order valence-electron chi connectivity index (χ1n) is 7.58. The molecule has 0 aliphatic rings. The predicted molar refractivity (Wildman–Crippen MR) is 96.9 cm³/mol. The van der Waals surface area contributed by atoms with Crippen molar-refractivity contribution in [2.75, 3.05) is 5.75 Å². The molecule has 0 saturated heterocycles. The summed E-state index contributed by atoms with van der Waals surface area (Å²) in [4.78, 5) is 11.9. The molecule has 0 amide bonds. The summed E-state index contributed by atoms with van der Waals surface area (Å²) in [5.41, 5.74) is 0. The quantitative estimate of drug-likeness (QED) is 0.151. The van der Waals surface area contributed by atoms with Crippen LogP contribution >= 0.6 is 38.4 Å². The SMILES string of the molecule is CCCCCCCCCC(CSS)OC(=O)C(C)(C)Br. The molecule has 0 spiro atoms. The van der Waals surface area contributed by atoms with Crippen LogP contribution in [0.2, 0.25) is 0 Å². The van der Waals surface area contributed by atoms with Crippen LogP contribution in [0.25, 0.3) is 0 Å². The van der Waals surface area contributed by atoms with Gasteiger partial charge in [-0.25, -0.2) is 0 Å². The lowest BCUT2D eigenvalue weighted by Crippen LogP contribution is -2.32. The lowest BCUT2D eigenvalue weighted by molar-refractivity contribution is -0.150. The molecule has 0 aliphatic heterocycles. The Bertz CT molecular complexity index is 255. The molecule has 0 heterocycles. The van der Waals surface area contributed by atoms with Crippen molar-refractivity contribution in [3.8, 4) is 0 Å². The highest BCUT2D eigenvalue weighted by Gasteiger charge is 2.28. The van der Waals surface area contributed by atoms with Gasteiger partial charge in [-0.3, -0.25) is 4.79 Å². The zero-order valence-electron chi connectivity index (χ0n) is 13.0. The molecule has 2 nitrogen and oxygen atoms in total. The summed E-state index contributed by atoms with van der Waals surface area (Å²) < 4.78 is 4.94. The van der Waals surface area contributed by atoms with Crippen molar-refractivity contribution < 1.29 is 9.53 Å². The fourth-order valence-corrected chi connectivity index (χ4v) is 2.87. The largest absolute Gasteiger partial charge is 0.460 e. The number of alkyl halides is 1. The van der Waals surface area contributed by atoms with Crippen LogP contribution in [0, 0.1) is 0 Å². The average molecular weight is 385 g/mol. The van der Waals surface area contributed by atoms with E-state index in [0.29, 0.717) is 0 Å². The summed E-state index contributed by atoms with van der Waals surface area (Å²) in [5, 5.41) is 0. The van der Waals surface area contributed by atoms with Crippen LogP contribution in [0.3, 0.4) is 0 Å². The smallest absolute Gasteiger partial charge is 0.322 e. The van der Waals surface area contributed by atoms with Gasteiger partial charge in [-0.05, 0) is 26.7 Å². The second-order valence-electron chi connectivity index (χ2n) is 5.71. The van der Waals surface area contributed by atoms with Crippen molar-refractivity contribution in [3.63, 3.8) is 0 Å². The van der Waals surface area contributed by atoms with E-state index in [1.807, 2.05) is 13.8 Å². The minimum atomic E-state index is -0.604. The summed E-state index contributed by atoms with van der Waals surface area (Å²) >= 11 is 7.51. The van der Waals surface area contributed by atoms with Crippen LogP contribution in [-0.4, -0.2) is 22.2 Å². The van der Waals surface area contributed by atoms with Crippen molar-refractivity contribution in [1.29, 1.82) is 0 Å². The number of esters is 1. The summed E-state index contributed by atoms with van der Waals surface area (Å²) in [5.74, 6) is 0.571. The Labute approximate surface area is 142 Å². The molecule has 0 aromatic heterocycles. The first-order valence-corrected chi connectivity index (χ1v) is 10.4. The molecule has 0 bridgehead atoms. The normalized spacial score (nSPS) is 13.2. The second-order valence-corrected chi connectivity index (χ2v) is 9.05. The van der Waals surface area contributed by atoms with Crippen LogP contribution in [0.5, 0.6) is 0 Å². The molecule has 0 saturated carbocycles. The Hall–Kier alpha value is 0.650. The number of ether oxygens (including phenoxy) is 1. The molecule has 0 fully saturated rings. The molecule has 0 aromatic carbocycles. The van der Waals surface area contributed by atoms with E-state index in [1.54, 1.807) is 0 Å². The molecule has 120 valence electrons. The molecule has 1 atom stereocenters. The highest BCUT2D eigenvalue weighted by Crippen LogP contribution is 2.22. The first-order chi connectivity index (χ1) is 9.41. The molecule has 20 heavy (non-hydrogen) atoms. The van der Waals surface area contributed by atoms with E-state index >= 15 is 0 Å². The van der Waals surface area contributed by atoms with E-state index in [1.165, 1.54) is 49.3 Å². The third kappa shape index (κ3) is 11.3. The van der Waals surface area contributed by atoms with E-state index in [9.17, 15) is 4.79 Å². The highest BCUT2D eigenvalue weighted by molar-refractivity contribution is 9.10. The number of hydrogen-bond donors (Lipinski definition) is 1. The Morgan fingerprint density at radius 2 is 1.75 bits per heavy atom. The number of rotatable bonds is 12. The van der Waals surface area contributed by atoms with E-state index in [-0.39, 0.29) is 12.1 Å². The minimum absolute atomic E-state index is 0.0162. The van der Waals surface area contributed by atoms with Gasteiger partial charge in [-0.15, -0.1) is 11.7 Å². The van der Waals surface area contributed by atoms with Crippen molar-refractivity contribution >= 4 is 44.4 Å². The van der Waals surface area contributed by atoms with Crippen molar-refractivity contribution in [1.82, 2.24) is 0 Å². The van der Waals surface area contributed by atoms with Crippen LogP contribution in [-0.2, 0) is 9.53 Å². The lowest BCUT2D eigenvalue weighted by atomic mass is 10.1. The van der Waals surface area contributed by atoms with Gasteiger partial charge in [-0.2, -0.15) is 0 Å². The Morgan fingerprint density at radius 1 is 1.20 bits per heavy atom. The van der Waals surface area contributed by atoms with Gasteiger partial charge in [-0.1, -0.05) is 72.2 Å². The third-order valence-electron chi connectivity index (χ3n) is 3.15. The Morgan fingerprint density at radius 3 is 2.25 bits per heavy atom. The van der Waals surface area contributed by atoms with Crippen molar-refractivity contribution in [2.45, 2.75) is 82.6 Å². The monoisotopic (exact) mass is 384 g/mol. The number of carbonyl (C=O) groups excluding carboxylic acids is 1. The van der Waals surface area contributed by atoms with Gasteiger partial charge in [0.15, 0.2) is 0 Å². The number of hydrogen-bond acceptors (Lipinski definition) is 4. The molecular formula is C15H29BrO2S2.